The average molecular weight is 235 g/mol. The van der Waals surface area contributed by atoms with E-state index in [2.05, 4.69) is 36.5 Å². The van der Waals surface area contributed by atoms with Crippen LogP contribution in [0.5, 0.6) is 0 Å². The first-order valence-electron chi connectivity index (χ1n) is 6.13. The first-order valence-corrected chi connectivity index (χ1v) is 6.13. The number of hydrogen-bond acceptors (Lipinski definition) is 2. The van der Waals surface area contributed by atoms with Gasteiger partial charge in [0.15, 0.2) is 0 Å². The molecule has 0 saturated carbocycles. The van der Waals surface area contributed by atoms with Gasteiger partial charge < -0.3 is 10.4 Å². The normalized spacial score (nSPS) is 12.2. The van der Waals surface area contributed by atoms with Crippen LogP contribution in [0.25, 0.3) is 0 Å². The highest BCUT2D eigenvalue weighted by molar-refractivity contribution is 5.76. The van der Waals surface area contributed by atoms with Gasteiger partial charge in [0.1, 0.15) is 0 Å². The van der Waals surface area contributed by atoms with Crippen LogP contribution in [0.3, 0.4) is 0 Å². The number of amides is 1. The van der Waals surface area contributed by atoms with Gasteiger partial charge in [0.2, 0.25) is 5.91 Å². The van der Waals surface area contributed by atoms with Gasteiger partial charge in [-0.2, -0.15) is 0 Å². The summed E-state index contributed by atoms with van der Waals surface area (Å²) in [6.45, 7) is 3.89. The van der Waals surface area contributed by atoms with Crippen LogP contribution in [0, 0.1) is 0 Å². The van der Waals surface area contributed by atoms with Gasteiger partial charge in [-0.3, -0.25) is 4.79 Å². The molecule has 0 unspecified atom stereocenters. The molecular weight excluding hydrogens is 214 g/mol. The molecule has 1 rings (SSSR count). The van der Waals surface area contributed by atoms with Crippen LogP contribution in [-0.2, 0) is 17.6 Å². The summed E-state index contributed by atoms with van der Waals surface area (Å²) >= 11 is 0. The molecule has 0 fully saturated rings. The lowest BCUT2D eigenvalue weighted by molar-refractivity contribution is -0.121. The first-order chi connectivity index (χ1) is 8.15. The first kappa shape index (κ1) is 13.7. The van der Waals surface area contributed by atoms with Crippen LogP contribution in [0.1, 0.15) is 31.4 Å². The molecule has 0 aromatic heterocycles. The van der Waals surface area contributed by atoms with E-state index in [-0.39, 0.29) is 18.6 Å². The van der Waals surface area contributed by atoms with Crippen molar-refractivity contribution in [2.45, 2.75) is 39.2 Å². The highest BCUT2D eigenvalue weighted by atomic mass is 16.3. The van der Waals surface area contributed by atoms with Crippen molar-refractivity contribution in [3.05, 3.63) is 35.4 Å². The average Bonchev–Trinajstić information content (AvgIpc) is 2.36. The minimum atomic E-state index is -0.162. The SMILES string of the molecule is CCc1ccc(CCC(=O)N[C@H](C)CO)cc1. The van der Waals surface area contributed by atoms with Gasteiger partial charge in [-0.1, -0.05) is 31.2 Å². The van der Waals surface area contributed by atoms with Crippen LogP contribution in [0.15, 0.2) is 24.3 Å². The molecule has 0 aliphatic heterocycles. The molecular formula is C14H21NO2. The number of carbonyl (C=O) groups excluding carboxylic acids is 1. The van der Waals surface area contributed by atoms with Crippen LogP contribution in [-0.4, -0.2) is 23.7 Å². The van der Waals surface area contributed by atoms with Gasteiger partial charge in [0, 0.05) is 12.5 Å². The van der Waals surface area contributed by atoms with E-state index in [0.29, 0.717) is 6.42 Å². The molecule has 3 nitrogen and oxygen atoms in total. The summed E-state index contributed by atoms with van der Waals surface area (Å²) in [4.78, 5) is 11.5. The van der Waals surface area contributed by atoms with E-state index in [1.165, 1.54) is 11.1 Å². The molecule has 1 amide bonds. The highest BCUT2D eigenvalue weighted by Crippen LogP contribution is 2.07. The summed E-state index contributed by atoms with van der Waals surface area (Å²) in [6, 6.07) is 8.18. The van der Waals surface area contributed by atoms with E-state index < -0.39 is 0 Å². The van der Waals surface area contributed by atoms with Crippen LogP contribution < -0.4 is 5.32 Å². The molecule has 1 atom stereocenters. The zero-order valence-corrected chi connectivity index (χ0v) is 10.6. The van der Waals surface area contributed by atoms with Gasteiger partial charge >= 0.3 is 0 Å². The van der Waals surface area contributed by atoms with Gasteiger partial charge in [0.05, 0.1) is 6.61 Å². The quantitative estimate of drug-likeness (QED) is 0.788. The number of hydrogen-bond donors (Lipinski definition) is 2. The van der Waals surface area contributed by atoms with Crippen LogP contribution >= 0.6 is 0 Å². The van der Waals surface area contributed by atoms with Crippen molar-refractivity contribution in [2.24, 2.45) is 0 Å². The van der Waals surface area contributed by atoms with Gasteiger partial charge in [-0.25, -0.2) is 0 Å². The largest absolute Gasteiger partial charge is 0.394 e. The highest BCUT2D eigenvalue weighted by Gasteiger charge is 2.06. The van der Waals surface area contributed by atoms with E-state index in [1.54, 1.807) is 6.92 Å². The summed E-state index contributed by atoms with van der Waals surface area (Å²) in [5.74, 6) is -0.00822. The predicted octanol–water partition coefficient (Wildman–Crippen LogP) is 1.68. The Balaban J connectivity index is 2.36. The lowest BCUT2D eigenvalue weighted by Crippen LogP contribution is -2.35. The molecule has 0 spiro atoms. The van der Waals surface area contributed by atoms with E-state index in [0.717, 1.165) is 12.8 Å². The smallest absolute Gasteiger partial charge is 0.220 e. The third-order valence-electron chi connectivity index (χ3n) is 2.75. The third kappa shape index (κ3) is 5.00. The van der Waals surface area contributed by atoms with Crippen molar-refractivity contribution in [1.82, 2.24) is 5.32 Å². The maximum absolute atomic E-state index is 11.5. The number of carbonyl (C=O) groups is 1. The fourth-order valence-electron chi connectivity index (χ4n) is 1.59. The number of benzene rings is 1. The minimum absolute atomic E-state index is 0.00822. The van der Waals surface area contributed by atoms with Crippen molar-refractivity contribution >= 4 is 5.91 Å². The molecule has 1 aromatic carbocycles. The van der Waals surface area contributed by atoms with Crippen molar-refractivity contribution < 1.29 is 9.90 Å². The topological polar surface area (TPSA) is 49.3 Å². The molecule has 17 heavy (non-hydrogen) atoms. The number of aliphatic hydroxyl groups excluding tert-OH is 1. The van der Waals surface area contributed by atoms with Crippen molar-refractivity contribution in [1.29, 1.82) is 0 Å². The second-order valence-electron chi connectivity index (χ2n) is 4.32. The lowest BCUT2D eigenvalue weighted by atomic mass is 10.1. The van der Waals surface area contributed by atoms with Crippen molar-refractivity contribution in [3.8, 4) is 0 Å². The fourth-order valence-corrected chi connectivity index (χ4v) is 1.59. The minimum Gasteiger partial charge on any atom is -0.394 e. The molecule has 0 heterocycles. The summed E-state index contributed by atoms with van der Waals surface area (Å²) in [6.07, 6.45) is 2.25. The molecule has 0 saturated heterocycles. The summed E-state index contributed by atoms with van der Waals surface area (Å²) in [5.41, 5.74) is 2.49. The van der Waals surface area contributed by atoms with Gasteiger partial charge in [0.25, 0.3) is 0 Å². The van der Waals surface area contributed by atoms with Gasteiger partial charge in [-0.15, -0.1) is 0 Å². The van der Waals surface area contributed by atoms with E-state index in [9.17, 15) is 4.79 Å². The molecule has 2 N–H and O–H groups in total. The Kier molecular flexibility index (Phi) is 5.70. The summed E-state index contributed by atoms with van der Waals surface area (Å²) < 4.78 is 0. The number of nitrogens with one attached hydrogen (secondary N) is 1. The molecule has 3 heteroatoms. The maximum atomic E-state index is 11.5. The summed E-state index contributed by atoms with van der Waals surface area (Å²) in [7, 11) is 0. The molecule has 0 aliphatic rings. The Morgan fingerprint density at radius 1 is 1.29 bits per heavy atom. The number of rotatable bonds is 6. The zero-order chi connectivity index (χ0) is 12.7. The van der Waals surface area contributed by atoms with E-state index >= 15 is 0 Å². The Hall–Kier alpha value is -1.35. The van der Waals surface area contributed by atoms with Crippen LogP contribution in [0.2, 0.25) is 0 Å². The summed E-state index contributed by atoms with van der Waals surface area (Å²) in [5, 5.41) is 11.5. The predicted molar refractivity (Wildman–Crippen MR) is 68.8 cm³/mol. The Morgan fingerprint density at radius 3 is 2.41 bits per heavy atom. The number of aliphatic hydroxyl groups is 1. The van der Waals surface area contributed by atoms with Crippen molar-refractivity contribution in [2.75, 3.05) is 6.61 Å². The second-order valence-corrected chi connectivity index (χ2v) is 4.32. The molecule has 0 radical (unpaired) electrons. The molecule has 0 aliphatic carbocycles. The van der Waals surface area contributed by atoms with E-state index in [4.69, 9.17) is 5.11 Å². The lowest BCUT2D eigenvalue weighted by Gasteiger charge is -2.10. The molecule has 1 aromatic rings. The Morgan fingerprint density at radius 2 is 1.88 bits per heavy atom. The monoisotopic (exact) mass is 235 g/mol. The fraction of sp³-hybridized carbons (Fsp3) is 0.500. The molecule has 0 bridgehead atoms. The Bertz CT molecular complexity index is 346. The Labute approximate surface area is 103 Å². The number of aryl methyl sites for hydroxylation is 2. The van der Waals surface area contributed by atoms with Crippen LogP contribution in [0.4, 0.5) is 0 Å². The van der Waals surface area contributed by atoms with Gasteiger partial charge in [-0.05, 0) is 30.9 Å². The van der Waals surface area contributed by atoms with Crippen molar-refractivity contribution in [3.63, 3.8) is 0 Å². The second kappa shape index (κ2) is 7.07. The third-order valence-corrected chi connectivity index (χ3v) is 2.75. The zero-order valence-electron chi connectivity index (χ0n) is 10.6. The maximum Gasteiger partial charge on any atom is 0.220 e. The van der Waals surface area contributed by atoms with E-state index in [1.807, 2.05) is 0 Å². The molecule has 94 valence electrons. The standard InChI is InChI=1S/C14H21NO2/c1-3-12-4-6-13(7-5-12)8-9-14(17)15-11(2)10-16/h4-7,11,16H,3,8-10H2,1-2H3,(H,15,17)/t11-/m1/s1.